The highest BCUT2D eigenvalue weighted by Crippen LogP contribution is 2.30. The number of pyridine rings is 1. The lowest BCUT2D eigenvalue weighted by Gasteiger charge is -2.13. The van der Waals surface area contributed by atoms with Crippen molar-refractivity contribution < 1.29 is 18.0 Å². The minimum absolute atomic E-state index is 0.215. The summed E-state index contributed by atoms with van der Waals surface area (Å²) in [4.78, 5) is 21.9. The van der Waals surface area contributed by atoms with E-state index in [2.05, 4.69) is 22.5 Å². The van der Waals surface area contributed by atoms with Crippen LogP contribution in [0.4, 0.5) is 29.3 Å². The number of nitrogens with one attached hydrogen (secondary N) is 2. The van der Waals surface area contributed by atoms with Gasteiger partial charge in [-0.2, -0.15) is 13.2 Å². The lowest BCUT2D eigenvalue weighted by molar-refractivity contribution is -0.137. The maximum atomic E-state index is 13.2. The van der Waals surface area contributed by atoms with Crippen LogP contribution >= 0.6 is 0 Å². The number of anilines is 2. The number of alkyl halides is 3. The van der Waals surface area contributed by atoms with E-state index in [-0.39, 0.29) is 6.54 Å². The van der Waals surface area contributed by atoms with Gasteiger partial charge in [0, 0.05) is 12.1 Å². The predicted octanol–water partition coefficient (Wildman–Crippen LogP) is 6.79. The molecule has 9 heteroatoms. The van der Waals surface area contributed by atoms with Crippen molar-refractivity contribution in [3.8, 4) is 0 Å². The lowest BCUT2D eigenvalue weighted by atomic mass is 10.1. The maximum absolute atomic E-state index is 13.2. The summed E-state index contributed by atoms with van der Waals surface area (Å²) in [5.41, 5.74) is 2.72. The van der Waals surface area contributed by atoms with Crippen LogP contribution in [0.1, 0.15) is 42.4 Å². The number of hydrogen-bond donors (Lipinski definition) is 2. The standard InChI is InChI=1S/C26H26F3N5O/c1-3-4-13-23-32-22-15-21(33-25(35)31-20-11-6-5-7-12-20)17(2)30-24(22)34(23)16-18-9-8-10-19(14-18)26(27,28)29/h5-12,14-15H,3-4,13,16H2,1-2H3,(H2,31,33,35). The first kappa shape index (κ1) is 24.3. The molecular weight excluding hydrogens is 455 g/mol. The van der Waals surface area contributed by atoms with Crippen molar-refractivity contribution in [1.82, 2.24) is 14.5 Å². The lowest BCUT2D eigenvalue weighted by Crippen LogP contribution is -2.20. The normalized spacial score (nSPS) is 11.6. The molecule has 0 saturated carbocycles. The number of hydrogen-bond acceptors (Lipinski definition) is 3. The zero-order valence-electron chi connectivity index (χ0n) is 19.5. The highest BCUT2D eigenvalue weighted by molar-refractivity contribution is 6.00. The van der Waals surface area contributed by atoms with Crippen LogP contribution in [0, 0.1) is 6.92 Å². The molecule has 0 spiro atoms. The fourth-order valence-electron chi connectivity index (χ4n) is 3.84. The minimum Gasteiger partial charge on any atom is -0.308 e. The molecule has 2 N–H and O–H groups in total. The highest BCUT2D eigenvalue weighted by atomic mass is 19.4. The molecule has 182 valence electrons. The summed E-state index contributed by atoms with van der Waals surface area (Å²) in [6.07, 6.45) is -1.91. The zero-order valence-corrected chi connectivity index (χ0v) is 19.5. The molecule has 35 heavy (non-hydrogen) atoms. The molecule has 0 fully saturated rings. The molecule has 4 aromatic rings. The van der Waals surface area contributed by atoms with E-state index in [9.17, 15) is 18.0 Å². The summed E-state index contributed by atoms with van der Waals surface area (Å²) >= 11 is 0. The second-order valence-electron chi connectivity index (χ2n) is 8.33. The van der Waals surface area contributed by atoms with Crippen LogP contribution < -0.4 is 10.6 Å². The molecule has 2 aromatic carbocycles. The van der Waals surface area contributed by atoms with Crippen LogP contribution in [-0.4, -0.2) is 20.6 Å². The molecule has 0 aliphatic heterocycles. The minimum atomic E-state index is -4.41. The topological polar surface area (TPSA) is 71.8 Å². The molecule has 2 heterocycles. The number of unbranched alkanes of at least 4 members (excludes halogenated alkanes) is 1. The first-order chi connectivity index (χ1) is 16.7. The van der Waals surface area contributed by atoms with E-state index in [1.807, 2.05) is 22.8 Å². The van der Waals surface area contributed by atoms with Gasteiger partial charge in [-0.1, -0.05) is 43.7 Å². The fourth-order valence-corrected chi connectivity index (χ4v) is 3.84. The molecule has 0 bridgehead atoms. The molecule has 0 atom stereocenters. The van der Waals surface area contributed by atoms with Crippen molar-refractivity contribution in [2.75, 3.05) is 10.6 Å². The molecule has 0 saturated heterocycles. The first-order valence-corrected chi connectivity index (χ1v) is 11.4. The van der Waals surface area contributed by atoms with Gasteiger partial charge in [0.15, 0.2) is 5.65 Å². The van der Waals surface area contributed by atoms with Gasteiger partial charge in [0.25, 0.3) is 0 Å². The van der Waals surface area contributed by atoms with Crippen molar-refractivity contribution in [1.29, 1.82) is 0 Å². The molecule has 2 amide bonds. The summed E-state index contributed by atoms with van der Waals surface area (Å²) in [5.74, 6) is 0.747. The number of imidazole rings is 1. The number of aromatic nitrogens is 3. The van der Waals surface area contributed by atoms with E-state index >= 15 is 0 Å². The van der Waals surface area contributed by atoms with Crippen LogP contribution in [0.5, 0.6) is 0 Å². The predicted molar refractivity (Wildman–Crippen MR) is 131 cm³/mol. The van der Waals surface area contributed by atoms with Crippen molar-refractivity contribution in [3.05, 3.63) is 83.3 Å². The van der Waals surface area contributed by atoms with Crippen LogP contribution in [0.25, 0.3) is 11.2 Å². The van der Waals surface area contributed by atoms with E-state index < -0.39 is 17.8 Å². The van der Waals surface area contributed by atoms with E-state index in [0.29, 0.717) is 40.2 Å². The zero-order chi connectivity index (χ0) is 25.0. The van der Waals surface area contributed by atoms with Crippen molar-refractivity contribution in [2.24, 2.45) is 0 Å². The number of rotatable bonds is 7. The van der Waals surface area contributed by atoms with Gasteiger partial charge in [0.05, 0.1) is 23.5 Å². The molecule has 0 radical (unpaired) electrons. The second-order valence-corrected chi connectivity index (χ2v) is 8.33. The van der Waals surface area contributed by atoms with Gasteiger partial charge in [-0.15, -0.1) is 0 Å². The smallest absolute Gasteiger partial charge is 0.308 e. The molecule has 6 nitrogen and oxygen atoms in total. The Morgan fingerprint density at radius 3 is 2.49 bits per heavy atom. The fraction of sp³-hybridized carbons (Fsp3) is 0.269. The number of urea groups is 1. The van der Waals surface area contributed by atoms with Crippen molar-refractivity contribution in [2.45, 2.75) is 45.8 Å². The maximum Gasteiger partial charge on any atom is 0.416 e. The number of benzene rings is 2. The van der Waals surface area contributed by atoms with Gasteiger partial charge >= 0.3 is 12.2 Å². The largest absolute Gasteiger partial charge is 0.416 e. The van der Waals surface area contributed by atoms with Gasteiger partial charge in [-0.05, 0) is 49.2 Å². The third-order valence-electron chi connectivity index (χ3n) is 5.62. The van der Waals surface area contributed by atoms with E-state index in [1.54, 1.807) is 31.2 Å². The SMILES string of the molecule is CCCCc1nc2cc(NC(=O)Nc3ccccc3)c(C)nc2n1Cc1cccc(C(F)(F)F)c1. The average Bonchev–Trinajstić information content (AvgIpc) is 3.14. The van der Waals surface area contributed by atoms with Gasteiger partial charge in [-0.3, -0.25) is 0 Å². The molecule has 0 aliphatic rings. The van der Waals surface area contributed by atoms with E-state index in [0.717, 1.165) is 30.8 Å². The second kappa shape index (κ2) is 10.2. The summed E-state index contributed by atoms with van der Waals surface area (Å²) < 4.78 is 41.5. The van der Waals surface area contributed by atoms with Crippen molar-refractivity contribution >= 4 is 28.6 Å². The van der Waals surface area contributed by atoms with Crippen LogP contribution in [0.15, 0.2) is 60.7 Å². The number of halogens is 3. The summed E-state index contributed by atoms with van der Waals surface area (Å²) in [6.45, 7) is 4.05. The van der Waals surface area contributed by atoms with Gasteiger partial charge in [0.2, 0.25) is 0 Å². The molecular formula is C26H26F3N5O. The van der Waals surface area contributed by atoms with Gasteiger partial charge in [0.1, 0.15) is 11.3 Å². The Hall–Kier alpha value is -3.88. The molecule has 4 rings (SSSR count). The van der Waals surface area contributed by atoms with Gasteiger partial charge < -0.3 is 15.2 Å². The Balaban J connectivity index is 1.65. The number of nitrogens with zero attached hydrogens (tertiary/aromatic N) is 3. The number of aryl methyl sites for hydroxylation is 2. The van der Waals surface area contributed by atoms with Crippen LogP contribution in [0.2, 0.25) is 0 Å². The summed E-state index contributed by atoms with van der Waals surface area (Å²) in [7, 11) is 0. The third kappa shape index (κ3) is 5.79. The Morgan fingerprint density at radius 2 is 1.77 bits per heavy atom. The number of para-hydroxylation sites is 1. The summed E-state index contributed by atoms with van der Waals surface area (Å²) in [6, 6.07) is 15.7. The molecule has 0 aliphatic carbocycles. The first-order valence-electron chi connectivity index (χ1n) is 11.4. The van der Waals surface area contributed by atoms with Crippen LogP contribution in [0.3, 0.4) is 0 Å². The number of carbonyl (C=O) groups is 1. The molecule has 0 unspecified atom stereocenters. The third-order valence-corrected chi connectivity index (χ3v) is 5.62. The Kier molecular flexibility index (Phi) is 7.04. The van der Waals surface area contributed by atoms with E-state index in [4.69, 9.17) is 4.98 Å². The van der Waals surface area contributed by atoms with Crippen molar-refractivity contribution in [3.63, 3.8) is 0 Å². The monoisotopic (exact) mass is 481 g/mol. The van der Waals surface area contributed by atoms with Gasteiger partial charge in [-0.25, -0.2) is 14.8 Å². The van der Waals surface area contributed by atoms with Crippen LogP contribution in [-0.2, 0) is 19.1 Å². The molecule has 2 aromatic heterocycles. The Morgan fingerprint density at radius 1 is 1.00 bits per heavy atom. The average molecular weight is 482 g/mol. The Bertz CT molecular complexity index is 1330. The van der Waals surface area contributed by atoms with E-state index in [1.165, 1.54) is 6.07 Å². The summed E-state index contributed by atoms with van der Waals surface area (Å²) in [5, 5.41) is 5.57. The highest BCUT2D eigenvalue weighted by Gasteiger charge is 2.30. The number of amides is 2. The number of carbonyl (C=O) groups excluding carboxylic acids is 1. The number of fused-ring (bicyclic) bond motifs is 1. The quantitative estimate of drug-likeness (QED) is 0.305. The Labute approximate surface area is 201 Å².